The molecular weight excluding hydrogens is 460 g/mol. The molecule has 2 aromatic carbocycles. The van der Waals surface area contributed by atoms with Crippen molar-refractivity contribution in [2.45, 2.75) is 12.2 Å². The molecule has 31 heavy (non-hydrogen) atoms. The van der Waals surface area contributed by atoms with Crippen molar-refractivity contribution in [1.82, 2.24) is 5.32 Å². The Balaban J connectivity index is 1.87. The number of amides is 1. The normalized spacial score (nSPS) is 11.1. The summed E-state index contributed by atoms with van der Waals surface area (Å²) in [5, 5.41) is 3.49. The predicted octanol–water partition coefficient (Wildman–Crippen LogP) is 3.56. The van der Waals surface area contributed by atoms with Crippen LogP contribution in [-0.4, -0.2) is 53.6 Å². The third kappa shape index (κ3) is 8.16. The van der Waals surface area contributed by atoms with Gasteiger partial charge in [-0.25, -0.2) is 8.42 Å². The Morgan fingerprint density at radius 3 is 2.45 bits per heavy atom. The molecule has 2 rings (SSSR count). The summed E-state index contributed by atoms with van der Waals surface area (Å²) in [6.07, 6.45) is 1.82. The minimum Gasteiger partial charge on any atom is -0.497 e. The molecule has 1 amide bonds. The molecule has 2 aromatic rings. The largest absolute Gasteiger partial charge is 0.497 e. The lowest BCUT2D eigenvalue weighted by molar-refractivity contribution is -0.119. The number of ether oxygens (including phenoxy) is 2. The van der Waals surface area contributed by atoms with Crippen molar-refractivity contribution in [1.29, 1.82) is 0 Å². The number of thioether (sulfide) groups is 1. The zero-order valence-corrected chi connectivity index (χ0v) is 20.1. The zero-order chi connectivity index (χ0) is 22.9. The van der Waals surface area contributed by atoms with Gasteiger partial charge in [-0.15, -0.1) is 0 Å². The fourth-order valence-electron chi connectivity index (χ4n) is 2.73. The molecular formula is C21H27ClN2O5S2. The van der Waals surface area contributed by atoms with E-state index in [0.29, 0.717) is 23.1 Å². The third-order valence-corrected chi connectivity index (χ3v) is 6.81. The van der Waals surface area contributed by atoms with Gasteiger partial charge in [-0.1, -0.05) is 23.7 Å². The number of carbonyl (C=O) groups is 1. The molecule has 10 heteroatoms. The Labute approximate surface area is 193 Å². The second-order valence-corrected chi connectivity index (χ2v) is 10.1. The smallest absolute Gasteiger partial charge is 0.240 e. The van der Waals surface area contributed by atoms with Gasteiger partial charge in [-0.3, -0.25) is 9.10 Å². The number of rotatable bonds is 12. The maximum Gasteiger partial charge on any atom is 0.240 e. The number of sulfonamides is 1. The molecule has 7 nitrogen and oxygen atoms in total. The third-order valence-electron chi connectivity index (χ3n) is 4.31. The van der Waals surface area contributed by atoms with E-state index >= 15 is 0 Å². The predicted molar refractivity (Wildman–Crippen MR) is 127 cm³/mol. The summed E-state index contributed by atoms with van der Waals surface area (Å²) in [6.45, 7) is 0.111. The standard InChI is InChI=1S/C21H27ClN2O5S2/c1-28-18-9-10-20(29-2)19(13-18)24(31(3,26)27)14-21(25)23-11-4-12-30-15-16-5-7-17(22)8-6-16/h5-10,13H,4,11-12,14-15H2,1-3H3,(H,23,25). The number of nitrogens with one attached hydrogen (secondary N) is 1. The minimum atomic E-state index is -3.72. The van der Waals surface area contributed by atoms with E-state index in [9.17, 15) is 13.2 Å². The van der Waals surface area contributed by atoms with Crippen LogP contribution in [0.25, 0.3) is 0 Å². The lowest BCUT2D eigenvalue weighted by Gasteiger charge is -2.24. The highest BCUT2D eigenvalue weighted by atomic mass is 35.5. The summed E-state index contributed by atoms with van der Waals surface area (Å²) in [7, 11) is -0.802. The second kappa shape index (κ2) is 12.1. The molecule has 0 atom stereocenters. The number of carbonyl (C=O) groups excluding carboxylic acids is 1. The van der Waals surface area contributed by atoms with Crippen molar-refractivity contribution in [3.63, 3.8) is 0 Å². The van der Waals surface area contributed by atoms with Gasteiger partial charge in [0, 0.05) is 23.4 Å². The van der Waals surface area contributed by atoms with Gasteiger partial charge in [0.25, 0.3) is 0 Å². The molecule has 0 aromatic heterocycles. The quantitative estimate of drug-likeness (QED) is 0.462. The van der Waals surface area contributed by atoms with Crippen molar-refractivity contribution >= 4 is 45.0 Å². The Morgan fingerprint density at radius 2 is 1.84 bits per heavy atom. The fraction of sp³-hybridized carbons (Fsp3) is 0.381. The topological polar surface area (TPSA) is 84.9 Å². The summed E-state index contributed by atoms with van der Waals surface area (Å²) in [6, 6.07) is 12.5. The highest BCUT2D eigenvalue weighted by Gasteiger charge is 2.24. The first-order valence-corrected chi connectivity index (χ1v) is 12.9. The lowest BCUT2D eigenvalue weighted by atomic mass is 10.2. The Morgan fingerprint density at radius 1 is 1.13 bits per heavy atom. The molecule has 0 radical (unpaired) electrons. The van der Waals surface area contributed by atoms with E-state index in [1.54, 1.807) is 23.9 Å². The van der Waals surface area contributed by atoms with Gasteiger partial charge in [0.05, 0.1) is 26.2 Å². The molecule has 1 N–H and O–H groups in total. The van der Waals surface area contributed by atoms with Crippen molar-refractivity contribution in [2.75, 3.05) is 43.6 Å². The number of hydrogen-bond donors (Lipinski definition) is 1. The summed E-state index contributed by atoms with van der Waals surface area (Å²) in [5.74, 6) is 2.13. The van der Waals surface area contributed by atoms with E-state index in [1.165, 1.54) is 25.8 Å². The molecule has 0 aliphatic carbocycles. The number of benzene rings is 2. The van der Waals surface area contributed by atoms with Crippen LogP contribution >= 0.6 is 23.4 Å². The van der Waals surface area contributed by atoms with Crippen LogP contribution in [0.4, 0.5) is 5.69 Å². The van der Waals surface area contributed by atoms with Crippen LogP contribution in [0.3, 0.4) is 0 Å². The second-order valence-electron chi connectivity index (χ2n) is 6.69. The summed E-state index contributed by atoms with van der Waals surface area (Å²) in [5.41, 5.74) is 1.44. The van der Waals surface area contributed by atoms with E-state index in [-0.39, 0.29) is 12.2 Å². The Bertz CT molecular complexity index is 968. The van der Waals surface area contributed by atoms with Crippen LogP contribution in [-0.2, 0) is 20.6 Å². The van der Waals surface area contributed by atoms with Crippen LogP contribution in [0, 0.1) is 0 Å². The first-order valence-electron chi connectivity index (χ1n) is 9.53. The maximum atomic E-state index is 12.4. The fourth-order valence-corrected chi connectivity index (χ4v) is 4.63. The molecule has 0 spiro atoms. The monoisotopic (exact) mass is 486 g/mol. The van der Waals surface area contributed by atoms with Crippen LogP contribution in [0.2, 0.25) is 5.02 Å². The Kier molecular flexibility index (Phi) is 9.80. The number of anilines is 1. The van der Waals surface area contributed by atoms with Gasteiger partial charge in [-0.05, 0) is 42.0 Å². The van der Waals surface area contributed by atoms with Gasteiger partial charge in [-0.2, -0.15) is 11.8 Å². The number of methoxy groups -OCH3 is 2. The lowest BCUT2D eigenvalue weighted by Crippen LogP contribution is -2.40. The van der Waals surface area contributed by atoms with Crippen LogP contribution in [0.15, 0.2) is 42.5 Å². The number of halogens is 1. The van der Waals surface area contributed by atoms with Crippen molar-refractivity contribution in [2.24, 2.45) is 0 Å². The molecule has 0 saturated heterocycles. The summed E-state index contributed by atoms with van der Waals surface area (Å²) in [4.78, 5) is 12.4. The minimum absolute atomic E-state index is 0.248. The molecule has 0 unspecified atom stereocenters. The first kappa shape index (κ1) is 25.2. The van der Waals surface area contributed by atoms with Crippen LogP contribution in [0.1, 0.15) is 12.0 Å². The number of nitrogens with zero attached hydrogens (tertiary/aromatic N) is 1. The SMILES string of the molecule is COc1ccc(OC)c(N(CC(=O)NCCCSCc2ccc(Cl)cc2)S(C)(=O)=O)c1. The van der Waals surface area contributed by atoms with E-state index in [2.05, 4.69) is 5.32 Å². The molecule has 0 fully saturated rings. The van der Waals surface area contributed by atoms with Crippen molar-refractivity contribution < 1.29 is 22.7 Å². The highest BCUT2D eigenvalue weighted by Crippen LogP contribution is 2.33. The number of hydrogen-bond acceptors (Lipinski definition) is 6. The zero-order valence-electron chi connectivity index (χ0n) is 17.8. The van der Waals surface area contributed by atoms with Gasteiger partial charge in [0.1, 0.15) is 18.0 Å². The molecule has 0 aliphatic rings. The average Bonchev–Trinajstić information content (AvgIpc) is 2.74. The van der Waals surface area contributed by atoms with Crippen LogP contribution < -0.4 is 19.1 Å². The van der Waals surface area contributed by atoms with E-state index in [0.717, 1.165) is 28.5 Å². The molecule has 170 valence electrons. The van der Waals surface area contributed by atoms with Crippen molar-refractivity contribution in [3.05, 3.63) is 53.1 Å². The molecule has 0 aliphatic heterocycles. The summed E-state index contributed by atoms with van der Waals surface area (Å²) >= 11 is 7.63. The Hall–Kier alpha value is -2.10. The molecule has 0 bridgehead atoms. The van der Waals surface area contributed by atoms with E-state index in [1.807, 2.05) is 24.3 Å². The van der Waals surface area contributed by atoms with E-state index < -0.39 is 15.9 Å². The van der Waals surface area contributed by atoms with Gasteiger partial charge in [0.15, 0.2) is 0 Å². The van der Waals surface area contributed by atoms with Gasteiger partial charge < -0.3 is 14.8 Å². The average molecular weight is 487 g/mol. The molecule has 0 saturated carbocycles. The van der Waals surface area contributed by atoms with E-state index in [4.69, 9.17) is 21.1 Å². The molecule has 0 heterocycles. The van der Waals surface area contributed by atoms with Crippen molar-refractivity contribution in [3.8, 4) is 11.5 Å². The highest BCUT2D eigenvalue weighted by molar-refractivity contribution is 7.98. The first-order chi connectivity index (χ1) is 14.7. The van der Waals surface area contributed by atoms with Gasteiger partial charge >= 0.3 is 0 Å². The summed E-state index contributed by atoms with van der Waals surface area (Å²) < 4.78 is 36.1. The maximum absolute atomic E-state index is 12.4. The van der Waals surface area contributed by atoms with Gasteiger partial charge in [0.2, 0.25) is 15.9 Å². The van der Waals surface area contributed by atoms with Crippen LogP contribution in [0.5, 0.6) is 11.5 Å².